The zero-order valence-electron chi connectivity index (χ0n) is 28.4. The Balaban J connectivity index is 1.55. The molecule has 0 radical (unpaired) electrons. The van der Waals surface area contributed by atoms with Crippen molar-refractivity contribution in [3.63, 3.8) is 0 Å². The summed E-state index contributed by atoms with van der Waals surface area (Å²) >= 11 is 0. The van der Waals surface area contributed by atoms with Crippen LogP contribution in [0, 0.1) is 6.92 Å². The largest absolute Gasteiger partial charge is 0.286 e. The predicted molar refractivity (Wildman–Crippen MR) is 196 cm³/mol. The van der Waals surface area contributed by atoms with Crippen molar-refractivity contribution in [3.05, 3.63) is 154 Å². The Hall–Kier alpha value is -4.95. The van der Waals surface area contributed by atoms with Crippen LogP contribution >= 0.6 is 0 Å². The highest BCUT2D eigenvalue weighted by atomic mass is 15.1. The van der Waals surface area contributed by atoms with Gasteiger partial charge in [0.15, 0.2) is 0 Å². The van der Waals surface area contributed by atoms with E-state index in [0.717, 1.165) is 0 Å². The Kier molecular flexibility index (Phi) is 5.75. The first-order valence-corrected chi connectivity index (χ1v) is 17.1. The molecule has 230 valence electrons. The van der Waals surface area contributed by atoms with Crippen LogP contribution in [0.4, 0.5) is 0 Å². The second-order valence-corrected chi connectivity index (χ2v) is 15.0. The third kappa shape index (κ3) is 3.48. The van der Waals surface area contributed by atoms with Gasteiger partial charge in [0.05, 0.1) is 18.7 Å². The molecule has 0 amide bonds. The van der Waals surface area contributed by atoms with Crippen LogP contribution in [-0.2, 0) is 17.9 Å². The standard InChI is InChI=1S/C45H41N2/c1-27(2)39-28(3)43-41(33-19-11-15-23-37(33)47(43)38-26-29(44(4,5)6)24-25-46(38)7)40-32-18-10-14-22-36(32)45(42(39)40)34-20-12-8-16-30(34)31-17-9-13-21-35(31)45/h8-27H,1-7H3/q+1. The van der Waals surface area contributed by atoms with Crippen LogP contribution in [-0.4, -0.2) is 4.57 Å². The van der Waals surface area contributed by atoms with Crippen molar-refractivity contribution in [2.45, 2.75) is 58.3 Å². The molecule has 0 fully saturated rings. The minimum atomic E-state index is -0.377. The third-order valence-corrected chi connectivity index (χ3v) is 11.1. The fourth-order valence-electron chi connectivity index (χ4n) is 9.24. The summed E-state index contributed by atoms with van der Waals surface area (Å²) in [5.41, 5.74) is 17.6. The number of nitrogens with zero attached hydrogens (tertiary/aromatic N) is 2. The average Bonchev–Trinajstić information content (AvgIpc) is 3.67. The van der Waals surface area contributed by atoms with E-state index < -0.39 is 0 Å². The number of hydrogen-bond donors (Lipinski definition) is 0. The molecular weight excluding hydrogens is 569 g/mol. The molecule has 0 unspecified atom stereocenters. The van der Waals surface area contributed by atoms with E-state index in [4.69, 9.17) is 0 Å². The Morgan fingerprint density at radius 1 is 0.702 bits per heavy atom. The Morgan fingerprint density at radius 2 is 1.26 bits per heavy atom. The fraction of sp³-hybridized carbons (Fsp3) is 0.222. The molecule has 0 saturated carbocycles. The number of rotatable bonds is 2. The molecule has 2 aliphatic rings. The van der Waals surface area contributed by atoms with Gasteiger partial charge in [0.2, 0.25) is 0 Å². The lowest BCUT2D eigenvalue weighted by Gasteiger charge is -2.33. The van der Waals surface area contributed by atoms with Gasteiger partial charge in [-0.3, -0.25) is 0 Å². The second-order valence-electron chi connectivity index (χ2n) is 15.0. The smallest absolute Gasteiger partial charge is 0.237 e. The van der Waals surface area contributed by atoms with Crippen molar-refractivity contribution in [2.24, 2.45) is 7.05 Å². The summed E-state index contributed by atoms with van der Waals surface area (Å²) in [5.74, 6) is 1.51. The average molecular weight is 610 g/mol. The SMILES string of the molecule is Cc1c(C(C)C)c2c(c3c4ccccc4n(-c4cc(C(C)(C)C)cc[n+]4C)c13)-c1ccccc1C21c2ccccc2-c2ccccc21. The topological polar surface area (TPSA) is 8.81 Å². The zero-order valence-corrected chi connectivity index (χ0v) is 28.4. The highest BCUT2D eigenvalue weighted by Gasteiger charge is 2.54. The van der Waals surface area contributed by atoms with Gasteiger partial charge in [-0.1, -0.05) is 120 Å². The van der Waals surface area contributed by atoms with E-state index in [-0.39, 0.29) is 10.8 Å². The Morgan fingerprint density at radius 3 is 1.87 bits per heavy atom. The lowest BCUT2D eigenvalue weighted by molar-refractivity contribution is -0.665. The van der Waals surface area contributed by atoms with Crippen molar-refractivity contribution in [3.8, 4) is 28.1 Å². The van der Waals surface area contributed by atoms with Gasteiger partial charge in [0.1, 0.15) is 11.0 Å². The van der Waals surface area contributed by atoms with Crippen molar-refractivity contribution < 1.29 is 4.57 Å². The van der Waals surface area contributed by atoms with Crippen molar-refractivity contribution in [1.29, 1.82) is 0 Å². The molecule has 2 aromatic heterocycles. The molecule has 0 saturated heterocycles. The number of benzene rings is 5. The molecule has 7 aromatic rings. The zero-order chi connectivity index (χ0) is 32.4. The van der Waals surface area contributed by atoms with Crippen LogP contribution in [0.1, 0.15) is 79.5 Å². The van der Waals surface area contributed by atoms with Crippen LogP contribution in [0.3, 0.4) is 0 Å². The van der Waals surface area contributed by atoms with Crippen molar-refractivity contribution in [1.82, 2.24) is 4.57 Å². The molecule has 2 nitrogen and oxygen atoms in total. The van der Waals surface area contributed by atoms with Gasteiger partial charge >= 0.3 is 0 Å². The lowest BCUT2D eigenvalue weighted by atomic mass is 9.67. The van der Waals surface area contributed by atoms with E-state index in [1.165, 1.54) is 88.8 Å². The molecule has 0 N–H and O–H groups in total. The van der Waals surface area contributed by atoms with Crippen molar-refractivity contribution in [2.75, 3.05) is 0 Å². The molecular formula is C45H41N2+. The third-order valence-electron chi connectivity index (χ3n) is 11.1. The molecule has 2 heteroatoms. The minimum Gasteiger partial charge on any atom is -0.237 e. The maximum absolute atomic E-state index is 2.56. The molecule has 0 atom stereocenters. The van der Waals surface area contributed by atoms with E-state index in [1.807, 2.05) is 0 Å². The number of hydrogen-bond acceptors (Lipinski definition) is 0. The summed E-state index contributed by atoms with van der Waals surface area (Å²) in [6.45, 7) is 14.1. The number of aromatic nitrogens is 2. The molecule has 0 aliphatic heterocycles. The minimum absolute atomic E-state index is 0.0374. The highest BCUT2D eigenvalue weighted by molar-refractivity contribution is 6.20. The molecule has 9 rings (SSSR count). The van der Waals surface area contributed by atoms with Crippen LogP contribution in [0.5, 0.6) is 0 Å². The lowest BCUT2D eigenvalue weighted by Crippen LogP contribution is -2.34. The second kappa shape index (κ2) is 9.55. The number of para-hydroxylation sites is 1. The van der Waals surface area contributed by atoms with Gasteiger partial charge in [0, 0.05) is 22.4 Å². The van der Waals surface area contributed by atoms with Gasteiger partial charge in [0.25, 0.3) is 5.82 Å². The van der Waals surface area contributed by atoms with E-state index >= 15 is 0 Å². The maximum atomic E-state index is 2.56. The first kappa shape index (κ1) is 28.3. The van der Waals surface area contributed by atoms with E-state index in [9.17, 15) is 0 Å². The highest BCUT2D eigenvalue weighted by Crippen LogP contribution is 2.66. The Labute approximate surface area is 278 Å². The van der Waals surface area contributed by atoms with Crippen LogP contribution in [0.2, 0.25) is 0 Å². The normalized spacial score (nSPS) is 14.2. The summed E-state index contributed by atoms with van der Waals surface area (Å²) in [6.07, 6.45) is 2.24. The van der Waals surface area contributed by atoms with E-state index in [2.05, 4.69) is 173 Å². The summed E-state index contributed by atoms with van der Waals surface area (Å²) in [4.78, 5) is 0. The summed E-state index contributed by atoms with van der Waals surface area (Å²) in [6, 6.07) is 41.4. The quantitative estimate of drug-likeness (QED) is 0.172. The van der Waals surface area contributed by atoms with Crippen molar-refractivity contribution >= 4 is 21.8 Å². The molecule has 2 aliphatic carbocycles. The number of pyridine rings is 1. The van der Waals surface area contributed by atoms with Gasteiger partial charge in [-0.05, 0) is 92.1 Å². The molecule has 2 heterocycles. The van der Waals surface area contributed by atoms with Gasteiger partial charge in [-0.15, -0.1) is 0 Å². The maximum Gasteiger partial charge on any atom is 0.286 e. The first-order chi connectivity index (χ1) is 22.7. The van der Waals surface area contributed by atoms with Crippen LogP contribution < -0.4 is 4.57 Å². The molecule has 47 heavy (non-hydrogen) atoms. The predicted octanol–water partition coefficient (Wildman–Crippen LogP) is 10.7. The Bertz CT molecular complexity index is 2400. The molecule has 0 bridgehead atoms. The molecule has 1 spiro atoms. The fourth-order valence-corrected chi connectivity index (χ4v) is 9.24. The van der Waals surface area contributed by atoms with Gasteiger partial charge in [-0.25, -0.2) is 4.57 Å². The van der Waals surface area contributed by atoms with E-state index in [1.54, 1.807) is 0 Å². The number of fused-ring (bicyclic) bond motifs is 14. The van der Waals surface area contributed by atoms with Crippen LogP contribution in [0.25, 0.3) is 49.9 Å². The number of aryl methyl sites for hydroxylation is 2. The summed E-state index contributed by atoms with van der Waals surface area (Å²) < 4.78 is 4.85. The van der Waals surface area contributed by atoms with E-state index in [0.29, 0.717) is 5.92 Å². The van der Waals surface area contributed by atoms with Gasteiger partial charge in [-0.2, -0.15) is 4.57 Å². The summed E-state index contributed by atoms with van der Waals surface area (Å²) in [7, 11) is 2.19. The first-order valence-electron chi connectivity index (χ1n) is 17.1. The van der Waals surface area contributed by atoms with Gasteiger partial charge < -0.3 is 0 Å². The molecule has 5 aromatic carbocycles. The monoisotopic (exact) mass is 609 g/mol. The summed E-state index contributed by atoms with van der Waals surface area (Å²) in [5, 5.41) is 2.68. The van der Waals surface area contributed by atoms with Crippen LogP contribution in [0.15, 0.2) is 115 Å².